The van der Waals surface area contributed by atoms with E-state index in [9.17, 15) is 9.90 Å². The van der Waals surface area contributed by atoms with E-state index in [1.807, 2.05) is 0 Å². The molecule has 2 fully saturated rings. The van der Waals surface area contributed by atoms with Gasteiger partial charge in [-0.25, -0.2) is 0 Å². The monoisotopic (exact) mass is 443 g/mol. The van der Waals surface area contributed by atoms with Crippen LogP contribution in [0.4, 0.5) is 0 Å². The molecular weight excluding hydrogens is 398 g/mol. The number of rotatable bonds is 4. The number of piperazine rings is 1. The molecule has 1 amide bonds. The number of hydrogen-bond donors (Lipinski definition) is 1. The minimum atomic E-state index is -0.110. The maximum Gasteiger partial charge on any atom is 0.225 e. The summed E-state index contributed by atoms with van der Waals surface area (Å²) in [5, 5.41) is 11.0. The fourth-order valence-electron chi connectivity index (χ4n) is 5.07. The summed E-state index contributed by atoms with van der Waals surface area (Å²) in [5.74, 6) is 0.991. The molecule has 0 atom stereocenters. The lowest BCUT2D eigenvalue weighted by Gasteiger charge is -2.38. The molecule has 0 aliphatic carbocycles. The molecular formula is C27H45N3O2. The highest BCUT2D eigenvalue weighted by Crippen LogP contribution is 2.40. The van der Waals surface area contributed by atoms with E-state index < -0.39 is 0 Å². The summed E-state index contributed by atoms with van der Waals surface area (Å²) >= 11 is 0. The van der Waals surface area contributed by atoms with E-state index in [-0.39, 0.29) is 16.7 Å². The number of piperidine rings is 1. The second kappa shape index (κ2) is 9.72. The summed E-state index contributed by atoms with van der Waals surface area (Å²) in [6, 6.07) is 4.38. The van der Waals surface area contributed by atoms with Crippen molar-refractivity contribution in [3.63, 3.8) is 0 Å². The maximum absolute atomic E-state index is 13.0. The van der Waals surface area contributed by atoms with E-state index in [2.05, 4.69) is 75.3 Å². The van der Waals surface area contributed by atoms with Crippen LogP contribution < -0.4 is 0 Å². The number of nitrogens with zero attached hydrogens (tertiary/aromatic N) is 3. The summed E-state index contributed by atoms with van der Waals surface area (Å²) in [7, 11) is 0. The molecule has 0 radical (unpaired) electrons. The molecule has 0 unspecified atom stereocenters. The normalized spacial score (nSPS) is 20.0. The van der Waals surface area contributed by atoms with Gasteiger partial charge in [-0.15, -0.1) is 0 Å². The van der Waals surface area contributed by atoms with E-state index in [1.54, 1.807) is 0 Å². The number of hydrogen-bond acceptors (Lipinski definition) is 4. The molecule has 180 valence electrons. The summed E-state index contributed by atoms with van der Waals surface area (Å²) < 4.78 is 0. The molecule has 5 heteroatoms. The molecule has 32 heavy (non-hydrogen) atoms. The first kappa shape index (κ1) is 25.0. The first-order chi connectivity index (χ1) is 14.9. The largest absolute Gasteiger partial charge is 0.507 e. The number of aromatic hydroxyl groups is 1. The second-order valence-electron chi connectivity index (χ2n) is 11.8. The Morgan fingerprint density at radius 1 is 0.875 bits per heavy atom. The fraction of sp³-hybridized carbons (Fsp3) is 0.741. The van der Waals surface area contributed by atoms with Crippen LogP contribution in [0.25, 0.3) is 0 Å². The van der Waals surface area contributed by atoms with Gasteiger partial charge in [0.1, 0.15) is 5.75 Å². The number of likely N-dealkylation sites (N-methyl/N-ethyl adjacent to an activating group) is 1. The van der Waals surface area contributed by atoms with Crippen molar-refractivity contribution in [3.05, 3.63) is 28.8 Å². The summed E-state index contributed by atoms with van der Waals surface area (Å²) in [6.45, 7) is 22.8. The van der Waals surface area contributed by atoms with Crippen molar-refractivity contribution in [1.82, 2.24) is 14.7 Å². The Morgan fingerprint density at radius 3 is 1.81 bits per heavy atom. The summed E-state index contributed by atoms with van der Waals surface area (Å²) in [5.41, 5.74) is 3.09. The van der Waals surface area contributed by atoms with Gasteiger partial charge in [-0.05, 0) is 60.0 Å². The number of phenols is 1. The van der Waals surface area contributed by atoms with Crippen LogP contribution in [0.5, 0.6) is 5.75 Å². The first-order valence-corrected chi connectivity index (χ1v) is 12.5. The minimum Gasteiger partial charge on any atom is -0.507 e. The average Bonchev–Trinajstić information content (AvgIpc) is 2.73. The molecule has 0 spiro atoms. The molecule has 2 saturated heterocycles. The van der Waals surface area contributed by atoms with Crippen molar-refractivity contribution in [2.45, 2.75) is 78.7 Å². The number of carbonyl (C=O) groups excluding carboxylic acids is 1. The number of likely N-dealkylation sites (tertiary alicyclic amines) is 1. The standard InChI is InChI=1S/C27H45N3O2/c1-8-28-13-15-30(16-14-28)25(32)21-9-11-29(12-10-21)19-20-17-22(26(2,3)4)24(31)23(18-20)27(5,6)7/h17-18,21,31H,8-16,19H2,1-7H3. The second-order valence-corrected chi connectivity index (χ2v) is 11.8. The van der Waals surface area contributed by atoms with Crippen LogP contribution >= 0.6 is 0 Å². The summed E-state index contributed by atoms with van der Waals surface area (Å²) in [4.78, 5) is 20.0. The number of phenolic OH excluding ortho intramolecular Hbond substituents is 1. The molecule has 0 bridgehead atoms. The molecule has 1 aromatic rings. The smallest absolute Gasteiger partial charge is 0.225 e. The molecule has 2 aliphatic rings. The van der Waals surface area contributed by atoms with Gasteiger partial charge in [0, 0.05) is 38.6 Å². The van der Waals surface area contributed by atoms with Gasteiger partial charge >= 0.3 is 0 Å². The Morgan fingerprint density at radius 2 is 1.38 bits per heavy atom. The highest BCUT2D eigenvalue weighted by molar-refractivity contribution is 5.79. The predicted octanol–water partition coefficient (Wildman–Crippen LogP) is 4.36. The molecule has 1 aromatic carbocycles. The Hall–Kier alpha value is -1.59. The highest BCUT2D eigenvalue weighted by atomic mass is 16.3. The van der Waals surface area contributed by atoms with E-state index in [0.717, 1.165) is 76.3 Å². The van der Waals surface area contributed by atoms with E-state index in [1.165, 1.54) is 5.56 Å². The quantitative estimate of drug-likeness (QED) is 0.751. The van der Waals surface area contributed by atoms with Crippen LogP contribution in [0, 0.1) is 5.92 Å². The highest BCUT2D eigenvalue weighted by Gasteiger charge is 2.31. The van der Waals surface area contributed by atoms with Crippen molar-refractivity contribution >= 4 is 5.91 Å². The lowest BCUT2D eigenvalue weighted by atomic mass is 9.78. The van der Waals surface area contributed by atoms with Gasteiger partial charge in [0.15, 0.2) is 0 Å². The Kier molecular flexibility index (Phi) is 7.61. The third-order valence-corrected chi connectivity index (χ3v) is 7.26. The van der Waals surface area contributed by atoms with Gasteiger partial charge in [-0.2, -0.15) is 0 Å². The van der Waals surface area contributed by atoms with Gasteiger partial charge in [0.05, 0.1) is 0 Å². The molecule has 0 saturated carbocycles. The van der Waals surface area contributed by atoms with Crippen LogP contribution in [0.1, 0.15) is 78.0 Å². The average molecular weight is 444 g/mol. The number of carbonyl (C=O) groups is 1. The predicted molar refractivity (Wildman–Crippen MR) is 132 cm³/mol. The maximum atomic E-state index is 13.0. The van der Waals surface area contributed by atoms with Crippen molar-refractivity contribution in [2.24, 2.45) is 5.92 Å². The SMILES string of the molecule is CCN1CCN(C(=O)C2CCN(Cc3cc(C(C)(C)C)c(O)c(C(C)(C)C)c3)CC2)CC1. The van der Waals surface area contributed by atoms with Crippen molar-refractivity contribution in [3.8, 4) is 5.75 Å². The Balaban J connectivity index is 1.64. The van der Waals surface area contributed by atoms with Gasteiger partial charge in [0.25, 0.3) is 0 Å². The molecule has 1 N–H and O–H groups in total. The van der Waals surface area contributed by atoms with Crippen molar-refractivity contribution in [1.29, 1.82) is 0 Å². The number of benzene rings is 1. The van der Waals surface area contributed by atoms with Crippen LogP contribution in [-0.4, -0.2) is 71.5 Å². The zero-order valence-corrected chi connectivity index (χ0v) is 21.5. The van der Waals surface area contributed by atoms with Crippen LogP contribution in [0.15, 0.2) is 12.1 Å². The number of amides is 1. The van der Waals surface area contributed by atoms with Gasteiger partial charge < -0.3 is 14.9 Å². The van der Waals surface area contributed by atoms with E-state index in [4.69, 9.17) is 0 Å². The fourth-order valence-corrected chi connectivity index (χ4v) is 5.07. The molecule has 2 heterocycles. The molecule has 3 rings (SSSR count). The van der Waals surface area contributed by atoms with Crippen LogP contribution in [0.3, 0.4) is 0 Å². The first-order valence-electron chi connectivity index (χ1n) is 12.5. The zero-order valence-electron chi connectivity index (χ0n) is 21.5. The van der Waals surface area contributed by atoms with E-state index >= 15 is 0 Å². The molecule has 5 nitrogen and oxygen atoms in total. The Bertz CT molecular complexity index is 755. The van der Waals surface area contributed by atoms with Crippen molar-refractivity contribution in [2.75, 3.05) is 45.8 Å². The third-order valence-electron chi connectivity index (χ3n) is 7.26. The van der Waals surface area contributed by atoms with E-state index in [0.29, 0.717) is 11.7 Å². The zero-order chi connectivity index (χ0) is 23.7. The Labute approximate surface area is 195 Å². The minimum absolute atomic E-state index is 0.110. The molecule has 2 aliphatic heterocycles. The topological polar surface area (TPSA) is 47.0 Å². The van der Waals surface area contributed by atoms with Crippen LogP contribution in [0.2, 0.25) is 0 Å². The van der Waals surface area contributed by atoms with Gasteiger partial charge in [0.2, 0.25) is 5.91 Å². The van der Waals surface area contributed by atoms with Gasteiger partial charge in [-0.1, -0.05) is 60.6 Å². The lowest BCUT2D eigenvalue weighted by molar-refractivity contribution is -0.138. The third kappa shape index (κ3) is 5.85. The van der Waals surface area contributed by atoms with Gasteiger partial charge in [-0.3, -0.25) is 9.69 Å². The van der Waals surface area contributed by atoms with Crippen LogP contribution in [-0.2, 0) is 22.2 Å². The molecule has 0 aromatic heterocycles. The lowest BCUT2D eigenvalue weighted by Crippen LogP contribution is -2.51. The summed E-state index contributed by atoms with van der Waals surface area (Å²) in [6.07, 6.45) is 1.90. The van der Waals surface area contributed by atoms with Crippen molar-refractivity contribution < 1.29 is 9.90 Å².